The Kier molecular flexibility index (Phi) is 7.71. The lowest BCUT2D eigenvalue weighted by Gasteiger charge is -2.14. The first-order chi connectivity index (χ1) is 9.99. The summed E-state index contributed by atoms with van der Waals surface area (Å²) in [4.78, 5) is 0.255. The molecule has 0 aliphatic rings. The molecule has 1 aromatic rings. The highest BCUT2D eigenvalue weighted by Gasteiger charge is 2.17. The molecule has 1 atom stereocenters. The molecule has 3 N–H and O–H groups in total. The van der Waals surface area contributed by atoms with Crippen molar-refractivity contribution in [2.75, 3.05) is 13.2 Å². The van der Waals surface area contributed by atoms with Crippen molar-refractivity contribution in [2.45, 2.75) is 50.5 Å². The number of ether oxygens (including phenoxy) is 1. The van der Waals surface area contributed by atoms with Crippen molar-refractivity contribution in [1.29, 1.82) is 0 Å². The number of nitrogens with one attached hydrogen (secondary N) is 1. The fourth-order valence-corrected chi connectivity index (χ4v) is 3.26. The van der Waals surface area contributed by atoms with Gasteiger partial charge >= 0.3 is 0 Å². The summed E-state index contributed by atoms with van der Waals surface area (Å²) in [5.41, 5.74) is 5.35. The molecule has 1 aromatic carbocycles. The minimum absolute atomic E-state index is 0.0604. The molecule has 0 spiro atoms. The molecule has 6 heteroatoms. The molecule has 1 unspecified atom stereocenters. The normalized spacial score (nSPS) is 13.1. The van der Waals surface area contributed by atoms with Gasteiger partial charge in [-0.1, -0.05) is 26.2 Å². The first kappa shape index (κ1) is 17.9. The van der Waals surface area contributed by atoms with Crippen LogP contribution < -0.4 is 15.2 Å². The zero-order valence-corrected chi connectivity index (χ0v) is 13.7. The molecule has 0 aromatic heterocycles. The molecule has 0 saturated carbocycles. The lowest BCUT2D eigenvalue weighted by molar-refractivity contribution is 0.328. The topological polar surface area (TPSA) is 81.4 Å². The minimum Gasteiger partial charge on any atom is -0.492 e. The van der Waals surface area contributed by atoms with Gasteiger partial charge in [0.05, 0.1) is 4.90 Å². The summed E-state index contributed by atoms with van der Waals surface area (Å²) < 4.78 is 32.5. The largest absolute Gasteiger partial charge is 0.492 e. The van der Waals surface area contributed by atoms with E-state index in [0.29, 0.717) is 18.9 Å². The number of rotatable bonds is 10. The molecule has 0 radical (unpaired) electrons. The number of nitrogens with two attached hydrogens (primary N) is 1. The zero-order valence-electron chi connectivity index (χ0n) is 12.8. The minimum atomic E-state index is -3.46. The molecule has 0 heterocycles. The van der Waals surface area contributed by atoms with Crippen LogP contribution in [0, 0.1) is 0 Å². The molecule has 0 bridgehead atoms. The predicted molar refractivity (Wildman–Crippen MR) is 84.9 cm³/mol. The smallest absolute Gasteiger partial charge is 0.240 e. The average Bonchev–Trinajstić information content (AvgIpc) is 2.45. The highest BCUT2D eigenvalue weighted by molar-refractivity contribution is 7.89. The van der Waals surface area contributed by atoms with Crippen molar-refractivity contribution in [3.63, 3.8) is 0 Å². The van der Waals surface area contributed by atoms with Crippen molar-refractivity contribution in [1.82, 2.24) is 4.72 Å². The molecule has 0 aliphatic carbocycles. The van der Waals surface area contributed by atoms with E-state index in [1.54, 1.807) is 24.3 Å². The number of hydrogen-bond donors (Lipinski definition) is 2. The third-order valence-electron chi connectivity index (χ3n) is 3.12. The Labute approximate surface area is 127 Å². The van der Waals surface area contributed by atoms with Gasteiger partial charge < -0.3 is 10.5 Å². The summed E-state index contributed by atoms with van der Waals surface area (Å²) in [6.45, 7) is 4.87. The van der Waals surface area contributed by atoms with Gasteiger partial charge in [0.2, 0.25) is 10.0 Å². The van der Waals surface area contributed by atoms with Gasteiger partial charge in [0.25, 0.3) is 0 Å². The Morgan fingerprint density at radius 3 is 2.48 bits per heavy atom. The van der Waals surface area contributed by atoms with Crippen molar-refractivity contribution >= 4 is 10.0 Å². The number of hydrogen-bond acceptors (Lipinski definition) is 4. The van der Waals surface area contributed by atoms with Crippen molar-refractivity contribution in [3.05, 3.63) is 24.3 Å². The second-order valence-electron chi connectivity index (χ2n) is 5.13. The van der Waals surface area contributed by atoms with Gasteiger partial charge in [-0.3, -0.25) is 0 Å². The fraction of sp³-hybridized carbons (Fsp3) is 0.600. The molecule has 1 rings (SSSR count). The average molecular weight is 314 g/mol. The van der Waals surface area contributed by atoms with Gasteiger partial charge in [0.15, 0.2) is 0 Å². The van der Waals surface area contributed by atoms with Gasteiger partial charge in [-0.15, -0.1) is 0 Å². The molecule has 120 valence electrons. The van der Waals surface area contributed by atoms with Crippen molar-refractivity contribution < 1.29 is 13.2 Å². The van der Waals surface area contributed by atoms with Gasteiger partial charge in [-0.2, -0.15) is 0 Å². The van der Waals surface area contributed by atoms with E-state index in [1.165, 1.54) is 0 Å². The predicted octanol–water partition coefficient (Wildman–Crippen LogP) is 2.27. The van der Waals surface area contributed by atoms with Crippen LogP contribution in [-0.4, -0.2) is 27.6 Å². The van der Waals surface area contributed by atoms with Crippen LogP contribution in [0.15, 0.2) is 29.2 Å². The van der Waals surface area contributed by atoms with Crippen LogP contribution in [0.4, 0.5) is 0 Å². The SMILES string of the molecule is CCCCCC(C)NS(=O)(=O)c1ccc(OCCN)cc1. The molecule has 5 nitrogen and oxygen atoms in total. The standard InChI is InChI=1S/C15H26N2O3S/c1-3-4-5-6-13(2)17-21(18,19)15-9-7-14(8-10-15)20-12-11-16/h7-10,13,17H,3-6,11-12,16H2,1-2H3. The maximum atomic E-state index is 12.2. The van der Waals surface area contributed by atoms with E-state index in [1.807, 2.05) is 6.92 Å². The Bertz CT molecular complexity index is 500. The maximum absolute atomic E-state index is 12.2. The number of benzene rings is 1. The van der Waals surface area contributed by atoms with Crippen molar-refractivity contribution in [2.24, 2.45) is 5.73 Å². The molecular weight excluding hydrogens is 288 g/mol. The van der Waals surface area contributed by atoms with Gasteiger partial charge in [-0.05, 0) is 37.6 Å². The summed E-state index contributed by atoms with van der Waals surface area (Å²) >= 11 is 0. The van der Waals surface area contributed by atoms with Crippen LogP contribution >= 0.6 is 0 Å². The summed E-state index contributed by atoms with van der Waals surface area (Å²) in [6.07, 6.45) is 4.14. The van der Waals surface area contributed by atoms with E-state index >= 15 is 0 Å². The Morgan fingerprint density at radius 2 is 1.90 bits per heavy atom. The van der Waals surface area contributed by atoms with Gasteiger partial charge in [0.1, 0.15) is 12.4 Å². The molecule has 21 heavy (non-hydrogen) atoms. The van der Waals surface area contributed by atoms with Crippen LogP contribution in [0.2, 0.25) is 0 Å². The first-order valence-electron chi connectivity index (χ1n) is 7.45. The summed E-state index contributed by atoms with van der Waals surface area (Å²) in [5.74, 6) is 0.621. The van der Waals surface area contributed by atoms with E-state index in [9.17, 15) is 8.42 Å². The quantitative estimate of drug-likeness (QED) is 0.649. The Hall–Kier alpha value is -1.11. The third kappa shape index (κ3) is 6.46. The molecule has 0 amide bonds. The third-order valence-corrected chi connectivity index (χ3v) is 4.72. The highest BCUT2D eigenvalue weighted by atomic mass is 32.2. The maximum Gasteiger partial charge on any atom is 0.240 e. The molecule has 0 fully saturated rings. The number of unbranched alkanes of at least 4 members (excludes halogenated alkanes) is 2. The highest BCUT2D eigenvalue weighted by Crippen LogP contribution is 2.16. The van der Waals surface area contributed by atoms with Crippen molar-refractivity contribution in [3.8, 4) is 5.75 Å². The summed E-state index contributed by atoms with van der Waals surface area (Å²) in [7, 11) is -3.46. The van der Waals surface area contributed by atoms with E-state index in [-0.39, 0.29) is 10.9 Å². The van der Waals surface area contributed by atoms with E-state index in [4.69, 9.17) is 10.5 Å². The number of sulfonamides is 1. The Balaban J connectivity index is 2.61. The molecule has 0 aliphatic heterocycles. The fourth-order valence-electron chi connectivity index (χ4n) is 1.98. The first-order valence-corrected chi connectivity index (χ1v) is 8.93. The van der Waals surface area contributed by atoms with Crippen LogP contribution in [0.25, 0.3) is 0 Å². The van der Waals surface area contributed by atoms with Crippen LogP contribution in [0.5, 0.6) is 5.75 Å². The van der Waals surface area contributed by atoms with Crippen LogP contribution in [0.3, 0.4) is 0 Å². The van der Waals surface area contributed by atoms with Gasteiger partial charge in [0, 0.05) is 12.6 Å². The zero-order chi connectivity index (χ0) is 15.7. The summed E-state index contributed by atoms with van der Waals surface area (Å²) in [6, 6.07) is 6.33. The lowest BCUT2D eigenvalue weighted by atomic mass is 10.1. The Morgan fingerprint density at radius 1 is 1.24 bits per heavy atom. The summed E-state index contributed by atoms with van der Waals surface area (Å²) in [5, 5.41) is 0. The second-order valence-corrected chi connectivity index (χ2v) is 6.84. The lowest BCUT2D eigenvalue weighted by Crippen LogP contribution is -2.32. The monoisotopic (exact) mass is 314 g/mol. The van der Waals surface area contributed by atoms with Crippen LogP contribution in [-0.2, 0) is 10.0 Å². The molecular formula is C15H26N2O3S. The van der Waals surface area contributed by atoms with E-state index in [0.717, 1.165) is 25.7 Å². The van der Waals surface area contributed by atoms with Crippen LogP contribution in [0.1, 0.15) is 39.5 Å². The second kappa shape index (κ2) is 9.02. The van der Waals surface area contributed by atoms with E-state index < -0.39 is 10.0 Å². The van der Waals surface area contributed by atoms with Gasteiger partial charge in [-0.25, -0.2) is 13.1 Å². The van der Waals surface area contributed by atoms with E-state index in [2.05, 4.69) is 11.6 Å². The molecule has 0 saturated heterocycles.